The number of aromatic nitrogens is 2. The molecule has 0 aliphatic carbocycles. The normalized spacial score (nSPS) is 17.9. The smallest absolute Gasteiger partial charge is 0.228 e. The van der Waals surface area contributed by atoms with Gasteiger partial charge in [-0.3, -0.25) is 14.8 Å². The van der Waals surface area contributed by atoms with Crippen LogP contribution in [0.3, 0.4) is 0 Å². The number of carbonyl (C=O) groups excluding carboxylic acids is 1. The number of nitrogens with one attached hydrogen (secondary N) is 2. The van der Waals surface area contributed by atoms with Crippen LogP contribution in [0.1, 0.15) is 18.4 Å². The first-order valence-electron chi connectivity index (χ1n) is 8.09. The van der Waals surface area contributed by atoms with E-state index in [2.05, 4.69) is 25.8 Å². The van der Waals surface area contributed by atoms with Gasteiger partial charge in [-0.15, -0.1) is 0 Å². The standard InChI is InChI=1S/C17H20N6O2/c18-16(23-25)11-3-6-20-14(8-11)15-9-13(4-7-21-15)22-17(24)12-2-1-5-19-10-12/h3-4,6-9,12,19,25H,1-2,5,10H2,(H2,18,23)(H,21,22,24). The van der Waals surface area contributed by atoms with Gasteiger partial charge in [0, 0.05) is 30.2 Å². The molecule has 0 radical (unpaired) electrons. The molecule has 0 aromatic carbocycles. The van der Waals surface area contributed by atoms with Gasteiger partial charge >= 0.3 is 0 Å². The number of piperidine rings is 1. The fourth-order valence-corrected chi connectivity index (χ4v) is 2.76. The van der Waals surface area contributed by atoms with Gasteiger partial charge < -0.3 is 21.6 Å². The molecule has 2 aromatic rings. The van der Waals surface area contributed by atoms with E-state index in [0.717, 1.165) is 19.4 Å². The molecular formula is C17H20N6O2. The number of nitrogens with zero attached hydrogens (tertiary/aromatic N) is 3. The number of rotatable bonds is 4. The highest BCUT2D eigenvalue weighted by atomic mass is 16.4. The molecule has 1 aliphatic heterocycles. The van der Waals surface area contributed by atoms with Crippen molar-refractivity contribution in [2.24, 2.45) is 16.8 Å². The lowest BCUT2D eigenvalue weighted by molar-refractivity contribution is -0.120. The van der Waals surface area contributed by atoms with Crippen LogP contribution >= 0.6 is 0 Å². The minimum Gasteiger partial charge on any atom is -0.409 e. The van der Waals surface area contributed by atoms with Gasteiger partial charge in [0.1, 0.15) is 0 Å². The maximum absolute atomic E-state index is 12.4. The molecule has 3 rings (SSSR count). The number of hydrogen-bond acceptors (Lipinski definition) is 6. The molecular weight excluding hydrogens is 320 g/mol. The summed E-state index contributed by atoms with van der Waals surface area (Å²) in [6.07, 6.45) is 5.07. The first-order chi connectivity index (χ1) is 12.2. The molecule has 3 heterocycles. The van der Waals surface area contributed by atoms with Crippen molar-refractivity contribution in [1.29, 1.82) is 0 Å². The quantitative estimate of drug-likeness (QED) is 0.287. The Kier molecular flexibility index (Phi) is 5.20. The number of oxime groups is 1. The molecule has 1 fully saturated rings. The number of hydrogen-bond donors (Lipinski definition) is 4. The van der Waals surface area contributed by atoms with Gasteiger partial charge in [0.2, 0.25) is 5.91 Å². The Morgan fingerprint density at radius 1 is 1.28 bits per heavy atom. The first kappa shape index (κ1) is 16.8. The number of amidine groups is 1. The molecule has 25 heavy (non-hydrogen) atoms. The van der Waals surface area contributed by atoms with Crippen LogP contribution in [-0.4, -0.2) is 40.0 Å². The Morgan fingerprint density at radius 2 is 2.04 bits per heavy atom. The third kappa shape index (κ3) is 4.10. The van der Waals surface area contributed by atoms with Gasteiger partial charge in [-0.2, -0.15) is 0 Å². The molecule has 5 N–H and O–H groups in total. The van der Waals surface area contributed by atoms with E-state index in [1.165, 1.54) is 0 Å². The summed E-state index contributed by atoms with van der Waals surface area (Å²) in [5.41, 5.74) is 7.97. The number of nitrogens with two attached hydrogens (primary N) is 1. The zero-order valence-corrected chi connectivity index (χ0v) is 13.6. The fraction of sp³-hybridized carbons (Fsp3) is 0.294. The van der Waals surface area contributed by atoms with Crippen LogP contribution in [0.4, 0.5) is 5.69 Å². The van der Waals surface area contributed by atoms with E-state index in [4.69, 9.17) is 10.9 Å². The van der Waals surface area contributed by atoms with Crippen LogP contribution in [0, 0.1) is 5.92 Å². The molecule has 130 valence electrons. The summed E-state index contributed by atoms with van der Waals surface area (Å²) in [5, 5.41) is 17.9. The van der Waals surface area contributed by atoms with Gasteiger partial charge in [0.25, 0.3) is 0 Å². The Labute approximate surface area is 145 Å². The van der Waals surface area contributed by atoms with Gasteiger partial charge in [-0.25, -0.2) is 0 Å². The second-order valence-corrected chi connectivity index (χ2v) is 5.88. The number of carbonyl (C=O) groups is 1. The van der Waals surface area contributed by atoms with Crippen LogP contribution < -0.4 is 16.4 Å². The summed E-state index contributed by atoms with van der Waals surface area (Å²) >= 11 is 0. The van der Waals surface area contributed by atoms with Crippen molar-refractivity contribution in [2.75, 3.05) is 18.4 Å². The lowest BCUT2D eigenvalue weighted by Gasteiger charge is -2.21. The largest absolute Gasteiger partial charge is 0.409 e. The minimum absolute atomic E-state index is 0.00194. The SMILES string of the molecule is N/C(=N\O)c1ccnc(-c2cc(NC(=O)C3CCCNC3)ccn2)c1. The Morgan fingerprint density at radius 3 is 2.76 bits per heavy atom. The molecule has 8 heteroatoms. The summed E-state index contributed by atoms with van der Waals surface area (Å²) < 4.78 is 0. The predicted octanol–water partition coefficient (Wildman–Crippen LogP) is 1.18. The Balaban J connectivity index is 1.78. The van der Waals surface area contributed by atoms with Crippen molar-refractivity contribution < 1.29 is 10.0 Å². The molecule has 1 atom stereocenters. The highest BCUT2D eigenvalue weighted by Crippen LogP contribution is 2.20. The highest BCUT2D eigenvalue weighted by molar-refractivity contribution is 5.97. The second kappa shape index (κ2) is 7.71. The monoisotopic (exact) mass is 340 g/mol. The van der Waals surface area contributed by atoms with Gasteiger partial charge in [0.15, 0.2) is 5.84 Å². The summed E-state index contributed by atoms with van der Waals surface area (Å²) in [6.45, 7) is 1.67. The summed E-state index contributed by atoms with van der Waals surface area (Å²) in [4.78, 5) is 20.9. The Hall–Kier alpha value is -3.00. The number of pyridine rings is 2. The van der Waals surface area contributed by atoms with Gasteiger partial charge in [-0.05, 0) is 43.7 Å². The zero-order valence-electron chi connectivity index (χ0n) is 13.6. The van der Waals surface area contributed by atoms with Crippen molar-refractivity contribution >= 4 is 17.4 Å². The van der Waals surface area contributed by atoms with E-state index in [0.29, 0.717) is 29.2 Å². The maximum Gasteiger partial charge on any atom is 0.228 e. The average Bonchev–Trinajstić information content (AvgIpc) is 2.68. The summed E-state index contributed by atoms with van der Waals surface area (Å²) in [6, 6.07) is 6.81. The summed E-state index contributed by atoms with van der Waals surface area (Å²) in [5.74, 6) is -0.0204. The van der Waals surface area contributed by atoms with E-state index < -0.39 is 0 Å². The van der Waals surface area contributed by atoms with E-state index >= 15 is 0 Å². The minimum atomic E-state index is -0.0209. The van der Waals surface area contributed by atoms with Crippen molar-refractivity contribution in [1.82, 2.24) is 15.3 Å². The van der Waals surface area contributed by atoms with E-state index in [1.807, 2.05) is 0 Å². The van der Waals surface area contributed by atoms with Crippen molar-refractivity contribution in [3.8, 4) is 11.4 Å². The molecule has 1 saturated heterocycles. The molecule has 2 aromatic heterocycles. The molecule has 1 aliphatic rings. The summed E-state index contributed by atoms with van der Waals surface area (Å²) in [7, 11) is 0. The molecule has 1 unspecified atom stereocenters. The first-order valence-corrected chi connectivity index (χ1v) is 8.09. The van der Waals surface area contributed by atoms with E-state index in [-0.39, 0.29) is 17.7 Å². The van der Waals surface area contributed by atoms with Crippen LogP contribution in [0.5, 0.6) is 0 Å². The van der Waals surface area contributed by atoms with Crippen molar-refractivity contribution in [3.05, 3.63) is 42.2 Å². The lowest BCUT2D eigenvalue weighted by atomic mass is 9.99. The van der Waals surface area contributed by atoms with Crippen molar-refractivity contribution in [2.45, 2.75) is 12.8 Å². The van der Waals surface area contributed by atoms with E-state index in [9.17, 15) is 4.79 Å². The van der Waals surface area contributed by atoms with E-state index in [1.54, 1.807) is 36.7 Å². The second-order valence-electron chi connectivity index (χ2n) is 5.88. The molecule has 1 amide bonds. The molecule has 8 nitrogen and oxygen atoms in total. The lowest BCUT2D eigenvalue weighted by Crippen LogP contribution is -2.37. The van der Waals surface area contributed by atoms with Gasteiger partial charge in [0.05, 0.1) is 17.3 Å². The maximum atomic E-state index is 12.4. The third-order valence-corrected chi connectivity index (χ3v) is 4.12. The van der Waals surface area contributed by atoms with Crippen LogP contribution in [0.15, 0.2) is 41.8 Å². The van der Waals surface area contributed by atoms with Crippen molar-refractivity contribution in [3.63, 3.8) is 0 Å². The topological polar surface area (TPSA) is 126 Å². The van der Waals surface area contributed by atoms with Crippen LogP contribution in [0.25, 0.3) is 11.4 Å². The Bertz CT molecular complexity index is 786. The fourth-order valence-electron chi connectivity index (χ4n) is 2.76. The third-order valence-electron chi connectivity index (χ3n) is 4.12. The molecule has 0 saturated carbocycles. The molecule has 0 bridgehead atoms. The van der Waals surface area contributed by atoms with Crippen LogP contribution in [0.2, 0.25) is 0 Å². The molecule has 0 spiro atoms. The van der Waals surface area contributed by atoms with Gasteiger partial charge in [-0.1, -0.05) is 5.16 Å². The predicted molar refractivity (Wildman–Crippen MR) is 94.2 cm³/mol. The number of anilines is 1. The van der Waals surface area contributed by atoms with Crippen LogP contribution in [-0.2, 0) is 4.79 Å². The number of amides is 1. The zero-order chi connectivity index (χ0) is 17.6. The highest BCUT2D eigenvalue weighted by Gasteiger charge is 2.21. The average molecular weight is 340 g/mol.